The lowest BCUT2D eigenvalue weighted by Crippen LogP contribution is -2.42. The fraction of sp³-hybridized carbons (Fsp3) is 0.713. The van der Waals surface area contributed by atoms with Gasteiger partial charge in [0.1, 0.15) is 23.0 Å². The molecule has 0 aromatic heterocycles. The van der Waals surface area contributed by atoms with Crippen molar-refractivity contribution in [1.29, 1.82) is 0 Å². The average Bonchev–Trinajstić information content (AvgIpc) is 0.882. The number of carbonyl (C=O) groups is 9. The van der Waals surface area contributed by atoms with Crippen molar-refractivity contribution in [2.45, 2.75) is 82.7 Å². The Balaban J connectivity index is 1.22. The van der Waals surface area contributed by atoms with E-state index in [9.17, 15) is 43.2 Å². The number of amides is 3. The maximum Gasteiger partial charge on any atom is 0.341 e. The Hall–Kier alpha value is -8.11. The molecule has 0 saturated carbocycles. The van der Waals surface area contributed by atoms with E-state index in [4.69, 9.17) is 149 Å². The molecule has 3 atom stereocenters. The minimum Gasteiger partial charge on any atom is -0.482 e. The summed E-state index contributed by atoms with van der Waals surface area (Å²) in [5.41, 5.74) is 7.56. The third-order valence-electron chi connectivity index (χ3n) is 18.7. The highest BCUT2D eigenvalue weighted by atomic mass is 16.6. The summed E-state index contributed by atoms with van der Waals surface area (Å²) in [7, 11) is 1.63. The molecule has 43 nitrogen and oxygen atoms in total. The van der Waals surface area contributed by atoms with Gasteiger partial charge in [-0.1, -0.05) is 36.4 Å². The van der Waals surface area contributed by atoms with Crippen molar-refractivity contribution in [1.82, 2.24) is 16.0 Å². The molecule has 0 heterocycles. The second kappa shape index (κ2) is 90.4. The summed E-state index contributed by atoms with van der Waals surface area (Å²) in [4.78, 5) is 113. The topological polar surface area (TPSA) is 526 Å². The van der Waals surface area contributed by atoms with Gasteiger partial charge in [-0.2, -0.15) is 0 Å². The summed E-state index contributed by atoms with van der Waals surface area (Å²) in [6.45, 7) is 15.5. The Morgan fingerprint density at radius 3 is 0.774 bits per heavy atom. The van der Waals surface area contributed by atoms with E-state index in [1.165, 1.54) is 0 Å². The molecule has 3 rings (SSSR count). The Morgan fingerprint density at radius 1 is 0.277 bits per heavy atom. The van der Waals surface area contributed by atoms with Gasteiger partial charge >= 0.3 is 17.9 Å². The molecular formula is C94H152N4O39. The van der Waals surface area contributed by atoms with Crippen LogP contribution in [0.4, 0.5) is 0 Å². The number of hydrogen-bond acceptors (Lipinski definition) is 37. The van der Waals surface area contributed by atoms with Crippen LogP contribution in [0.5, 0.6) is 17.2 Å². The fourth-order valence-electron chi connectivity index (χ4n) is 11.8. The van der Waals surface area contributed by atoms with Gasteiger partial charge in [-0.05, 0) is 85.2 Å². The highest BCUT2D eigenvalue weighted by Gasteiger charge is 2.26. The number of rotatable bonds is 104. The monoisotopic (exact) mass is 1960 g/mol. The van der Waals surface area contributed by atoms with Crippen molar-refractivity contribution in [3.8, 4) is 17.2 Å². The molecule has 0 aliphatic rings. The Bertz CT molecular complexity index is 3450. The zero-order chi connectivity index (χ0) is 98.6. The number of benzene rings is 3. The number of Topliss-reactive ketones (excluding diaryl/α,β-unsaturated/α-hetero) is 3. The smallest absolute Gasteiger partial charge is 0.341 e. The van der Waals surface area contributed by atoms with Crippen LogP contribution in [0.3, 0.4) is 0 Å². The first-order chi connectivity index (χ1) is 67.0. The standard InChI is InChI=1S/C94H152N4O39/c1-111-30-31-119-46-47-127-56-57-129-60-61-131-64-65-133-68-69-134-67-66-132-63-62-130-59-58-128-55-49-121-40-33-113-24-3-5-88(101)86(72-79-10-16-84(17-11-79)137-76-93(108)109)98-90(103)20-27-116-36-43-124-52-54-126-45-38-118-29-22-96-94(110)80(70-77-6-12-82(13-7-77)135-74-91(104)105)73-81(99)18-25-114-34-41-122-50-48-120-39-32-112-23-2-4-87(100)85(71-78-8-14-83(15-9-78)136-75-92(106)107)97-89(102)19-26-115-35-42-123-51-53-125-44-37-117-28-21-95/h6-17,80,85-86H,2-5,18-76,95H2,1H3,(H,96,110)(H,97,102)(H,98,103)(H,104,105)(H,106,107)(H,108,109). The van der Waals surface area contributed by atoms with Gasteiger partial charge in [-0.15, -0.1) is 0 Å². The molecule has 0 spiro atoms. The number of carboxylic acids is 3. The minimum absolute atomic E-state index is 0.0181. The highest BCUT2D eigenvalue weighted by molar-refractivity contribution is 5.90. The number of ketones is 3. The Labute approximate surface area is 803 Å². The summed E-state index contributed by atoms with van der Waals surface area (Å²) in [6.07, 6.45) is 1.61. The van der Waals surface area contributed by atoms with Crippen LogP contribution < -0.4 is 35.9 Å². The van der Waals surface area contributed by atoms with Crippen LogP contribution in [0.2, 0.25) is 0 Å². The van der Waals surface area contributed by atoms with Crippen LogP contribution in [0.25, 0.3) is 0 Å². The van der Waals surface area contributed by atoms with Crippen molar-refractivity contribution in [3.05, 3.63) is 89.5 Å². The van der Waals surface area contributed by atoms with Crippen molar-refractivity contribution < 1.29 is 186 Å². The quantitative estimate of drug-likeness (QED) is 0.0399. The maximum absolute atomic E-state index is 13.6. The average molecular weight is 1960 g/mol. The van der Waals surface area contributed by atoms with E-state index in [0.717, 1.165) is 16.7 Å². The number of methoxy groups -OCH3 is 1. The van der Waals surface area contributed by atoms with E-state index in [-0.39, 0.29) is 218 Å². The van der Waals surface area contributed by atoms with Gasteiger partial charge < -0.3 is 165 Å². The molecular weight excluding hydrogens is 1810 g/mol. The van der Waals surface area contributed by atoms with E-state index in [0.29, 0.717) is 228 Å². The lowest BCUT2D eigenvalue weighted by molar-refractivity contribution is -0.140. The number of carbonyl (C=O) groups excluding carboxylic acids is 6. The number of hydrogen-bond donors (Lipinski definition) is 7. The zero-order valence-corrected chi connectivity index (χ0v) is 79.8. The van der Waals surface area contributed by atoms with Crippen LogP contribution in [-0.4, -0.2) is 431 Å². The van der Waals surface area contributed by atoms with E-state index < -0.39 is 55.7 Å². The number of carboxylic acid groups (broad SMARTS) is 3. The molecule has 3 aromatic carbocycles. The van der Waals surface area contributed by atoms with Gasteiger partial charge in [0, 0.05) is 77.9 Å². The molecule has 0 saturated heterocycles. The van der Waals surface area contributed by atoms with Gasteiger partial charge in [0.2, 0.25) is 17.7 Å². The molecule has 3 unspecified atom stereocenters. The van der Waals surface area contributed by atoms with Gasteiger partial charge in [0.25, 0.3) is 0 Å². The summed E-state index contributed by atoms with van der Waals surface area (Å²) < 4.78 is 148. The molecule has 3 aromatic rings. The molecule has 782 valence electrons. The first kappa shape index (κ1) is 123. The second-order valence-corrected chi connectivity index (χ2v) is 29.8. The van der Waals surface area contributed by atoms with E-state index in [1.807, 2.05) is 0 Å². The van der Waals surface area contributed by atoms with E-state index >= 15 is 0 Å². The number of aliphatic carboxylic acids is 3. The molecule has 0 bridgehead atoms. The Morgan fingerprint density at radius 2 is 0.511 bits per heavy atom. The van der Waals surface area contributed by atoms with Crippen LogP contribution in [-0.2, 0) is 176 Å². The normalized spacial score (nSPS) is 12.0. The molecule has 0 aliphatic heterocycles. The van der Waals surface area contributed by atoms with Gasteiger partial charge in [-0.25, -0.2) is 14.4 Å². The summed E-state index contributed by atoms with van der Waals surface area (Å²) in [5, 5.41) is 35.5. The molecule has 0 radical (unpaired) electrons. The lowest BCUT2D eigenvalue weighted by atomic mass is 9.92. The number of nitrogens with one attached hydrogen (secondary N) is 3. The predicted octanol–water partition coefficient (Wildman–Crippen LogP) is 2.62. The highest BCUT2D eigenvalue weighted by Crippen LogP contribution is 2.21. The first-order valence-corrected chi connectivity index (χ1v) is 46.8. The Kier molecular flexibility index (Phi) is 81.2. The third-order valence-corrected chi connectivity index (χ3v) is 18.7. The van der Waals surface area contributed by atoms with Gasteiger partial charge in [0.05, 0.1) is 309 Å². The molecule has 137 heavy (non-hydrogen) atoms. The predicted molar refractivity (Wildman–Crippen MR) is 492 cm³/mol. The minimum atomic E-state index is -1.13. The van der Waals surface area contributed by atoms with Crippen molar-refractivity contribution in [2.75, 3.05) is 351 Å². The van der Waals surface area contributed by atoms with Crippen LogP contribution in [0.15, 0.2) is 72.8 Å². The SMILES string of the molecule is COCCOCCOCCOCCOCCOCCOCCOCCOCCOCCOCCOCCCC(=O)C(Cc1ccc(OCC(=O)O)cc1)NC(=O)CCOCCOCCOCCOCCNC(=O)C(CC(=O)CCOCCOCCOCCOCCCC(=O)C(Cc1ccc(OCC(=O)O)cc1)NC(=O)CCOCCOCCOCCOCCN)Cc1ccc(OCC(=O)O)cc1. The van der Waals surface area contributed by atoms with Gasteiger partial charge in [-0.3, -0.25) is 28.8 Å². The second-order valence-electron chi connectivity index (χ2n) is 29.8. The third kappa shape index (κ3) is 77.3. The summed E-state index contributed by atoms with van der Waals surface area (Å²) >= 11 is 0. The molecule has 8 N–H and O–H groups in total. The van der Waals surface area contributed by atoms with Crippen LogP contribution in [0.1, 0.15) is 68.1 Å². The van der Waals surface area contributed by atoms with Crippen LogP contribution >= 0.6 is 0 Å². The maximum atomic E-state index is 13.6. The van der Waals surface area contributed by atoms with Crippen molar-refractivity contribution >= 4 is 53.0 Å². The van der Waals surface area contributed by atoms with Crippen molar-refractivity contribution in [2.24, 2.45) is 11.7 Å². The first-order valence-electron chi connectivity index (χ1n) is 46.8. The van der Waals surface area contributed by atoms with E-state index in [1.54, 1.807) is 79.9 Å². The van der Waals surface area contributed by atoms with Gasteiger partial charge in [0.15, 0.2) is 31.4 Å². The summed E-state index contributed by atoms with van der Waals surface area (Å²) in [6, 6.07) is 18.1. The molecule has 0 fully saturated rings. The largest absolute Gasteiger partial charge is 0.482 e. The summed E-state index contributed by atoms with van der Waals surface area (Å²) in [5.74, 6) is -4.80. The number of ether oxygens (including phenoxy) is 27. The van der Waals surface area contributed by atoms with Crippen molar-refractivity contribution in [3.63, 3.8) is 0 Å². The molecule has 43 heteroatoms. The number of nitrogens with two attached hydrogens (primary N) is 1. The molecule has 0 aliphatic carbocycles. The molecule has 3 amide bonds. The zero-order valence-electron chi connectivity index (χ0n) is 79.8. The fourth-order valence-corrected chi connectivity index (χ4v) is 11.8. The van der Waals surface area contributed by atoms with Crippen LogP contribution in [0, 0.1) is 5.92 Å². The van der Waals surface area contributed by atoms with E-state index in [2.05, 4.69) is 16.0 Å². The lowest BCUT2D eigenvalue weighted by Gasteiger charge is -2.18.